The molecule has 0 aliphatic heterocycles. The fraction of sp³-hybridized carbons (Fsp3) is 0.0154. The van der Waals surface area contributed by atoms with E-state index in [0.717, 1.165) is 34.1 Å². The van der Waals surface area contributed by atoms with Crippen molar-refractivity contribution in [2.75, 3.05) is 9.80 Å². The van der Waals surface area contributed by atoms with Crippen molar-refractivity contribution < 1.29 is 0 Å². The number of anilines is 6. The van der Waals surface area contributed by atoms with Crippen LogP contribution in [0.15, 0.2) is 267 Å². The lowest BCUT2D eigenvalue weighted by molar-refractivity contribution is 0.801. The van der Waals surface area contributed by atoms with Crippen molar-refractivity contribution in [1.29, 1.82) is 0 Å². The van der Waals surface area contributed by atoms with Gasteiger partial charge in [-0.15, -0.1) is 0 Å². The highest BCUT2D eigenvalue weighted by Crippen LogP contribution is 2.64. The van der Waals surface area contributed by atoms with E-state index in [2.05, 4.69) is 277 Å². The van der Waals surface area contributed by atoms with Crippen LogP contribution in [0.4, 0.5) is 34.1 Å². The number of nitrogens with zero attached hydrogens (tertiary/aromatic N) is 2. The van der Waals surface area contributed by atoms with Crippen molar-refractivity contribution in [3.05, 3.63) is 289 Å². The van der Waals surface area contributed by atoms with Crippen molar-refractivity contribution in [2.24, 2.45) is 0 Å². The molecule has 0 saturated carbocycles. The summed E-state index contributed by atoms with van der Waals surface area (Å²) in [7, 11) is 0. The van der Waals surface area contributed by atoms with E-state index in [1.165, 1.54) is 77.5 Å². The molecule has 0 heterocycles. The number of rotatable bonds is 8. The Morgan fingerprint density at radius 3 is 1.28 bits per heavy atom. The molecular formula is C65H44N2. The Hall–Kier alpha value is -8.72. The van der Waals surface area contributed by atoms with Gasteiger partial charge in [0.15, 0.2) is 0 Å². The van der Waals surface area contributed by atoms with E-state index in [-0.39, 0.29) is 0 Å². The third-order valence-corrected chi connectivity index (χ3v) is 14.0. The molecule has 1 unspecified atom stereocenters. The van der Waals surface area contributed by atoms with Crippen LogP contribution >= 0.6 is 0 Å². The summed E-state index contributed by atoms with van der Waals surface area (Å²) >= 11 is 0. The molecule has 11 aromatic rings. The third-order valence-electron chi connectivity index (χ3n) is 14.0. The van der Waals surface area contributed by atoms with Gasteiger partial charge in [0.1, 0.15) is 0 Å². The maximum atomic E-state index is 2.50. The molecule has 11 aromatic carbocycles. The van der Waals surface area contributed by atoms with Gasteiger partial charge in [-0.1, -0.05) is 194 Å². The van der Waals surface area contributed by atoms with Crippen LogP contribution in [0.1, 0.15) is 22.3 Å². The van der Waals surface area contributed by atoms with Gasteiger partial charge in [0.05, 0.1) is 5.41 Å². The van der Waals surface area contributed by atoms with Gasteiger partial charge >= 0.3 is 0 Å². The molecule has 0 radical (unpaired) electrons. The third kappa shape index (κ3) is 6.18. The van der Waals surface area contributed by atoms with E-state index < -0.39 is 5.41 Å². The highest BCUT2D eigenvalue weighted by atomic mass is 15.2. The second-order valence-corrected chi connectivity index (χ2v) is 17.6. The fourth-order valence-corrected chi connectivity index (χ4v) is 11.2. The number of hydrogen-bond acceptors (Lipinski definition) is 2. The molecule has 0 saturated heterocycles. The summed E-state index contributed by atoms with van der Waals surface area (Å²) in [5, 5.41) is 2.53. The number of fused-ring (bicyclic) bond motifs is 12. The summed E-state index contributed by atoms with van der Waals surface area (Å²) in [6.07, 6.45) is 0. The highest BCUT2D eigenvalue weighted by molar-refractivity contribution is 6.05. The van der Waals surface area contributed by atoms with Crippen LogP contribution in [-0.2, 0) is 5.41 Å². The summed E-state index contributed by atoms with van der Waals surface area (Å²) in [5.41, 5.74) is 21.3. The van der Waals surface area contributed by atoms with Gasteiger partial charge in [-0.05, 0) is 150 Å². The summed E-state index contributed by atoms with van der Waals surface area (Å²) in [6, 6.07) is 98.0. The first-order chi connectivity index (χ1) is 33.2. The standard InChI is InChI=1S/C65H44N2/c1-5-18-45(19-6-1)47-32-36-52(37-33-47)67(54-27-17-26-53(43-54)66(50-22-9-3-10-23-50)51-24-11-4-12-25-51)55-38-41-59-57-28-13-15-30-61(57)65(63(59)44-55)62-31-16-14-29-58(62)60-40-35-49-42-48(34-39-56(49)64(60)65)46-20-7-2-8-21-46/h1-44H. The molecular weight excluding hydrogens is 809 g/mol. The zero-order chi connectivity index (χ0) is 44.3. The minimum absolute atomic E-state index is 0.552. The van der Waals surface area contributed by atoms with Gasteiger partial charge in [-0.2, -0.15) is 0 Å². The van der Waals surface area contributed by atoms with Crippen LogP contribution in [0, 0.1) is 0 Å². The quantitative estimate of drug-likeness (QED) is 0.150. The van der Waals surface area contributed by atoms with E-state index in [1.54, 1.807) is 0 Å². The van der Waals surface area contributed by atoms with Crippen molar-refractivity contribution >= 4 is 44.9 Å². The van der Waals surface area contributed by atoms with E-state index >= 15 is 0 Å². The lowest BCUT2D eigenvalue weighted by Gasteiger charge is -2.33. The van der Waals surface area contributed by atoms with Gasteiger partial charge in [0.25, 0.3) is 0 Å². The Kier molecular flexibility index (Phi) is 9.11. The van der Waals surface area contributed by atoms with Gasteiger partial charge in [-0.25, -0.2) is 0 Å². The van der Waals surface area contributed by atoms with Crippen LogP contribution in [0.2, 0.25) is 0 Å². The Bertz CT molecular complexity index is 3570. The number of hydrogen-bond donors (Lipinski definition) is 0. The molecule has 0 aromatic heterocycles. The van der Waals surface area contributed by atoms with Gasteiger partial charge in [0.2, 0.25) is 0 Å². The zero-order valence-electron chi connectivity index (χ0n) is 36.8. The van der Waals surface area contributed by atoms with Gasteiger partial charge in [-0.3, -0.25) is 0 Å². The molecule has 0 amide bonds. The molecule has 0 N–H and O–H groups in total. The second-order valence-electron chi connectivity index (χ2n) is 17.6. The highest BCUT2D eigenvalue weighted by Gasteiger charge is 2.52. The molecule has 2 heteroatoms. The first kappa shape index (κ1) is 38.7. The minimum Gasteiger partial charge on any atom is -0.310 e. The zero-order valence-corrected chi connectivity index (χ0v) is 36.8. The molecule has 13 rings (SSSR count). The molecule has 0 fully saturated rings. The fourth-order valence-electron chi connectivity index (χ4n) is 11.2. The predicted octanol–water partition coefficient (Wildman–Crippen LogP) is 17.5. The maximum absolute atomic E-state index is 2.50. The van der Waals surface area contributed by atoms with E-state index in [9.17, 15) is 0 Å². The maximum Gasteiger partial charge on any atom is 0.0732 e. The molecule has 0 bridgehead atoms. The lowest BCUT2D eigenvalue weighted by atomic mass is 9.69. The SMILES string of the molecule is c1ccc(-c2ccc(N(c3cccc(N(c4ccccc4)c4ccccc4)c3)c3ccc4c(c3)C3(c5ccccc5-4)c4ccccc4-c4ccc5cc(-c6ccccc6)ccc5c43)cc2)cc1. The lowest BCUT2D eigenvalue weighted by Crippen LogP contribution is -2.26. The smallest absolute Gasteiger partial charge is 0.0732 e. The van der Waals surface area contributed by atoms with E-state index in [1.807, 2.05) is 0 Å². The monoisotopic (exact) mass is 852 g/mol. The Morgan fingerprint density at radius 2 is 0.657 bits per heavy atom. The molecule has 1 atom stereocenters. The summed E-state index contributed by atoms with van der Waals surface area (Å²) in [5.74, 6) is 0. The van der Waals surface area contributed by atoms with Crippen LogP contribution in [0.5, 0.6) is 0 Å². The average Bonchev–Trinajstić information content (AvgIpc) is 3.87. The van der Waals surface area contributed by atoms with Crippen LogP contribution in [0.3, 0.4) is 0 Å². The topological polar surface area (TPSA) is 6.48 Å². The molecule has 1 spiro atoms. The summed E-state index contributed by atoms with van der Waals surface area (Å²) in [6.45, 7) is 0. The molecule has 314 valence electrons. The molecule has 67 heavy (non-hydrogen) atoms. The summed E-state index contributed by atoms with van der Waals surface area (Å²) in [4.78, 5) is 4.79. The van der Waals surface area contributed by atoms with Crippen molar-refractivity contribution in [3.8, 4) is 44.5 Å². The Labute approximate surface area is 391 Å². The molecule has 2 nitrogen and oxygen atoms in total. The van der Waals surface area contributed by atoms with Crippen LogP contribution in [0.25, 0.3) is 55.3 Å². The second kappa shape index (κ2) is 15.8. The van der Waals surface area contributed by atoms with Crippen molar-refractivity contribution in [3.63, 3.8) is 0 Å². The number of benzene rings is 11. The predicted molar refractivity (Wildman–Crippen MR) is 280 cm³/mol. The van der Waals surface area contributed by atoms with Gasteiger partial charge in [0, 0.05) is 34.1 Å². The van der Waals surface area contributed by atoms with Crippen LogP contribution in [-0.4, -0.2) is 0 Å². The molecule has 2 aliphatic carbocycles. The number of para-hydroxylation sites is 2. The van der Waals surface area contributed by atoms with Gasteiger partial charge < -0.3 is 9.80 Å². The Morgan fingerprint density at radius 1 is 0.239 bits per heavy atom. The molecule has 2 aliphatic rings. The largest absolute Gasteiger partial charge is 0.310 e. The van der Waals surface area contributed by atoms with Crippen molar-refractivity contribution in [2.45, 2.75) is 5.41 Å². The summed E-state index contributed by atoms with van der Waals surface area (Å²) < 4.78 is 0. The van der Waals surface area contributed by atoms with E-state index in [4.69, 9.17) is 0 Å². The average molecular weight is 853 g/mol. The first-order valence-electron chi connectivity index (χ1n) is 23.2. The van der Waals surface area contributed by atoms with Crippen molar-refractivity contribution in [1.82, 2.24) is 0 Å². The van der Waals surface area contributed by atoms with E-state index in [0.29, 0.717) is 0 Å². The van der Waals surface area contributed by atoms with Crippen LogP contribution < -0.4 is 9.80 Å². The normalized spacial score (nSPS) is 14.0. The first-order valence-corrected chi connectivity index (χ1v) is 23.2. The minimum atomic E-state index is -0.552. The Balaban J connectivity index is 1.05.